The molecule has 3 aromatic rings. The highest BCUT2D eigenvalue weighted by atomic mass is 16.2. The molecule has 12 heteroatoms. The third-order valence-corrected chi connectivity index (χ3v) is 10.9. The Balaban J connectivity index is 1.01. The molecule has 4 aliphatic heterocycles. The normalized spacial score (nSPS) is 20.7. The van der Waals surface area contributed by atoms with Gasteiger partial charge in [-0.3, -0.25) is 14.4 Å². The molecule has 0 saturated carbocycles. The number of carbonyl (C=O) groups is 3. The predicted octanol–water partition coefficient (Wildman–Crippen LogP) is 2.95. The summed E-state index contributed by atoms with van der Waals surface area (Å²) >= 11 is 0. The van der Waals surface area contributed by atoms with Crippen molar-refractivity contribution >= 4 is 34.6 Å². The molecule has 12 nitrogen and oxygen atoms in total. The Morgan fingerprint density at radius 1 is 0.938 bits per heavy atom. The molecule has 3 saturated heterocycles. The van der Waals surface area contributed by atoms with Crippen LogP contribution in [0.4, 0.5) is 15.3 Å². The smallest absolute Gasteiger partial charge is 0.322 e. The molecule has 2 aromatic carbocycles. The highest BCUT2D eigenvalue weighted by Crippen LogP contribution is 2.26. The number of hydrogen-bond acceptors (Lipinski definition) is 6. The van der Waals surface area contributed by atoms with Gasteiger partial charge in [0.05, 0.1) is 11.7 Å². The number of piperidine rings is 2. The van der Waals surface area contributed by atoms with Gasteiger partial charge in [0.25, 0.3) is 0 Å². The molecule has 3 fully saturated rings. The number of hydrogen-bond donors (Lipinski definition) is 3. The second kappa shape index (κ2) is 14.1. The Hall–Kier alpha value is -4.16. The lowest BCUT2D eigenvalue weighted by molar-refractivity contribution is -0.134. The maximum absolute atomic E-state index is 14.2. The number of aryl methyl sites for hydroxylation is 2. The zero-order valence-corrected chi connectivity index (χ0v) is 28.3. The molecule has 1 unspecified atom stereocenters. The van der Waals surface area contributed by atoms with Crippen LogP contribution >= 0.6 is 0 Å². The Morgan fingerprint density at radius 2 is 1.65 bits per heavy atom. The Labute approximate surface area is 282 Å². The van der Waals surface area contributed by atoms with Crippen molar-refractivity contribution in [1.29, 1.82) is 0 Å². The molecule has 1 aromatic heterocycles. The molecule has 0 bridgehead atoms. The van der Waals surface area contributed by atoms with Crippen LogP contribution in [0, 0.1) is 6.92 Å². The summed E-state index contributed by atoms with van der Waals surface area (Å²) in [5, 5.41) is 15.1. The number of urea groups is 2. The van der Waals surface area contributed by atoms with Crippen molar-refractivity contribution in [3.8, 4) is 0 Å². The van der Waals surface area contributed by atoms with Crippen LogP contribution in [0.1, 0.15) is 42.4 Å². The lowest BCUT2D eigenvalue weighted by Crippen LogP contribution is -2.58. The lowest BCUT2D eigenvalue weighted by Gasteiger charge is -2.41. The van der Waals surface area contributed by atoms with E-state index in [4.69, 9.17) is 0 Å². The minimum absolute atomic E-state index is 0.0123. The van der Waals surface area contributed by atoms with Crippen LogP contribution in [0.3, 0.4) is 0 Å². The first-order valence-electron chi connectivity index (χ1n) is 17.7. The van der Waals surface area contributed by atoms with Gasteiger partial charge in [-0.1, -0.05) is 24.3 Å². The van der Waals surface area contributed by atoms with E-state index in [1.165, 1.54) is 0 Å². The molecular formula is C36H49N9O3. The number of amides is 5. The summed E-state index contributed by atoms with van der Waals surface area (Å²) in [6.07, 6.45) is 6.38. The van der Waals surface area contributed by atoms with Crippen LogP contribution in [-0.4, -0.2) is 124 Å². The quantitative estimate of drug-likeness (QED) is 0.376. The monoisotopic (exact) mass is 655 g/mol. The van der Waals surface area contributed by atoms with Gasteiger partial charge in [0.15, 0.2) is 0 Å². The number of benzene rings is 2. The maximum Gasteiger partial charge on any atom is 0.322 e. The van der Waals surface area contributed by atoms with Crippen LogP contribution in [0.25, 0.3) is 10.9 Å². The van der Waals surface area contributed by atoms with Crippen LogP contribution in [0.5, 0.6) is 0 Å². The molecule has 3 N–H and O–H groups in total. The number of fused-ring (bicyclic) bond motifs is 2. The number of nitrogens with zero attached hydrogens (tertiary/aromatic N) is 6. The zero-order chi connectivity index (χ0) is 33.2. The van der Waals surface area contributed by atoms with Gasteiger partial charge in [-0.2, -0.15) is 5.10 Å². The van der Waals surface area contributed by atoms with Crippen molar-refractivity contribution in [2.24, 2.45) is 7.05 Å². The highest BCUT2D eigenvalue weighted by molar-refractivity contribution is 5.91. The summed E-state index contributed by atoms with van der Waals surface area (Å²) in [7, 11) is 1.94. The number of carbonyl (C=O) groups excluding carboxylic acids is 3. The Morgan fingerprint density at radius 3 is 2.42 bits per heavy atom. The van der Waals surface area contributed by atoms with E-state index in [2.05, 4.69) is 51.1 Å². The molecule has 0 aliphatic carbocycles. The van der Waals surface area contributed by atoms with E-state index < -0.39 is 6.04 Å². The SMILES string of the molecule is Cc1cc(CC(NC(=O)N2CCC(N3CCc4ccccc4NC3=O)CC2)C(=O)N2CCC(N3CCNCC3)CC2)cc2cnn(C)c12. The van der Waals surface area contributed by atoms with E-state index in [1.54, 1.807) is 0 Å². The fourth-order valence-electron chi connectivity index (χ4n) is 8.26. The van der Waals surface area contributed by atoms with E-state index in [0.29, 0.717) is 58.0 Å². The number of aromatic nitrogens is 2. The Kier molecular flexibility index (Phi) is 9.54. The number of nitrogens with one attached hydrogen (secondary N) is 3. The molecular weight excluding hydrogens is 606 g/mol. The number of anilines is 1. The van der Waals surface area contributed by atoms with Gasteiger partial charge in [0, 0.05) is 95.5 Å². The zero-order valence-electron chi connectivity index (χ0n) is 28.3. The summed E-state index contributed by atoms with van der Waals surface area (Å²) in [5.74, 6) is -0.0123. The van der Waals surface area contributed by atoms with Crippen molar-refractivity contribution in [2.75, 3.05) is 64.2 Å². The molecule has 7 rings (SSSR count). The van der Waals surface area contributed by atoms with Crippen molar-refractivity contribution in [1.82, 2.24) is 40.0 Å². The minimum atomic E-state index is -0.672. The van der Waals surface area contributed by atoms with Gasteiger partial charge in [-0.25, -0.2) is 9.59 Å². The molecule has 0 radical (unpaired) electrons. The van der Waals surface area contributed by atoms with Crippen LogP contribution in [-0.2, 0) is 24.7 Å². The molecule has 48 heavy (non-hydrogen) atoms. The minimum Gasteiger partial charge on any atom is -0.341 e. The van der Waals surface area contributed by atoms with Crippen LogP contribution in [0.2, 0.25) is 0 Å². The predicted molar refractivity (Wildman–Crippen MR) is 186 cm³/mol. The average Bonchev–Trinajstić information content (AvgIpc) is 3.40. The topological polar surface area (TPSA) is 118 Å². The van der Waals surface area contributed by atoms with Crippen molar-refractivity contribution in [3.63, 3.8) is 0 Å². The molecule has 0 spiro atoms. The number of rotatable bonds is 6. The van der Waals surface area contributed by atoms with Crippen LogP contribution in [0.15, 0.2) is 42.6 Å². The first-order chi connectivity index (χ1) is 23.3. The fraction of sp³-hybridized carbons (Fsp3) is 0.556. The third kappa shape index (κ3) is 6.86. The first-order valence-corrected chi connectivity index (χ1v) is 17.7. The average molecular weight is 656 g/mol. The van der Waals surface area contributed by atoms with E-state index >= 15 is 0 Å². The maximum atomic E-state index is 14.2. The van der Waals surface area contributed by atoms with Crippen LogP contribution < -0.4 is 16.0 Å². The largest absolute Gasteiger partial charge is 0.341 e. The van der Waals surface area contributed by atoms with Gasteiger partial charge in [0.2, 0.25) is 5.91 Å². The molecule has 5 heterocycles. The van der Waals surface area contributed by atoms with E-state index in [0.717, 1.165) is 78.7 Å². The van der Waals surface area contributed by atoms with Gasteiger partial charge >= 0.3 is 12.1 Å². The third-order valence-electron chi connectivity index (χ3n) is 10.9. The van der Waals surface area contributed by atoms with Gasteiger partial charge in [0.1, 0.15) is 6.04 Å². The van der Waals surface area contributed by atoms with E-state index in [9.17, 15) is 14.4 Å². The summed E-state index contributed by atoms with van der Waals surface area (Å²) < 4.78 is 1.87. The summed E-state index contributed by atoms with van der Waals surface area (Å²) in [6.45, 7) is 9.34. The molecule has 5 amide bonds. The summed E-state index contributed by atoms with van der Waals surface area (Å²) in [5.41, 5.74) is 5.20. The standard InChI is InChI=1S/C36H49N9O3/c1-25-21-26(22-28-24-38-41(2)33(25)28)23-32(34(46)43-14-8-29(9-15-43)42-19-12-37-13-20-42)40-35(47)44-16-10-30(11-17-44)45-18-7-27-5-3-4-6-31(27)39-36(45)48/h3-6,21-22,24,29-30,32,37H,7-20,23H2,1-2H3,(H,39,48)(H,40,47). The second-order valence-corrected chi connectivity index (χ2v) is 13.9. The first kappa shape index (κ1) is 32.4. The van der Waals surface area contributed by atoms with Gasteiger partial charge in [-0.05, 0) is 67.9 Å². The van der Waals surface area contributed by atoms with Gasteiger partial charge in [-0.15, -0.1) is 0 Å². The van der Waals surface area contributed by atoms with Crippen molar-refractivity contribution in [2.45, 2.75) is 63.6 Å². The van der Waals surface area contributed by atoms with E-state index in [-0.39, 0.29) is 24.0 Å². The summed E-state index contributed by atoms with van der Waals surface area (Å²) in [6, 6.07) is 11.8. The van der Waals surface area contributed by atoms with Crippen molar-refractivity contribution in [3.05, 3.63) is 59.3 Å². The lowest BCUT2D eigenvalue weighted by atomic mass is 9.98. The van der Waals surface area contributed by atoms with Gasteiger partial charge < -0.3 is 30.7 Å². The number of piperazine rings is 1. The summed E-state index contributed by atoms with van der Waals surface area (Å²) in [4.78, 5) is 49.4. The fourth-order valence-corrected chi connectivity index (χ4v) is 8.26. The second-order valence-electron chi connectivity index (χ2n) is 13.9. The Bertz CT molecular complexity index is 1630. The highest BCUT2D eigenvalue weighted by Gasteiger charge is 2.35. The van der Waals surface area contributed by atoms with E-state index in [1.807, 2.05) is 50.8 Å². The number of likely N-dealkylation sites (tertiary alicyclic amines) is 2. The molecule has 4 aliphatic rings. The molecule has 256 valence electrons. The number of para-hydroxylation sites is 1. The molecule has 1 atom stereocenters. The van der Waals surface area contributed by atoms with Crippen molar-refractivity contribution < 1.29 is 14.4 Å².